The normalized spacial score (nSPS) is 10.6. The number of fused-ring (bicyclic) bond motifs is 1. The predicted octanol–water partition coefficient (Wildman–Crippen LogP) is 3.04. The first-order valence-corrected chi connectivity index (χ1v) is 6.14. The quantitative estimate of drug-likeness (QED) is 0.759. The number of anilines is 1. The highest BCUT2D eigenvalue weighted by atomic mass is 15.1. The molecule has 0 unspecified atom stereocenters. The summed E-state index contributed by atoms with van der Waals surface area (Å²) in [7, 11) is 1.82. The second-order valence-electron chi connectivity index (χ2n) is 4.38. The molecule has 0 bridgehead atoms. The van der Waals surface area contributed by atoms with Gasteiger partial charge in [-0.1, -0.05) is 18.2 Å². The zero-order chi connectivity index (χ0) is 13.2. The van der Waals surface area contributed by atoms with Gasteiger partial charge in [0.1, 0.15) is 0 Å². The van der Waals surface area contributed by atoms with Gasteiger partial charge < -0.3 is 5.32 Å². The molecule has 0 fully saturated rings. The minimum atomic E-state index is 0.631. The van der Waals surface area contributed by atoms with Crippen LogP contribution in [0.1, 0.15) is 5.56 Å². The lowest BCUT2D eigenvalue weighted by atomic mass is 10.0. The Morgan fingerprint density at radius 1 is 1.11 bits per heavy atom. The molecule has 0 atom stereocenters. The van der Waals surface area contributed by atoms with Crippen molar-refractivity contribution in [2.45, 2.75) is 6.92 Å². The molecule has 94 valence electrons. The minimum Gasteiger partial charge on any atom is -0.357 e. The molecule has 0 saturated heterocycles. The Labute approximate surface area is 111 Å². The van der Waals surface area contributed by atoms with Crippen LogP contribution in [0.2, 0.25) is 0 Å². The fourth-order valence-electron chi connectivity index (χ4n) is 2.16. The molecule has 4 nitrogen and oxygen atoms in total. The molecule has 0 radical (unpaired) electrons. The Kier molecular flexibility index (Phi) is 2.83. The highest BCUT2D eigenvalue weighted by Crippen LogP contribution is 2.29. The van der Waals surface area contributed by atoms with E-state index in [1.54, 1.807) is 6.20 Å². The largest absolute Gasteiger partial charge is 0.357 e. The fourth-order valence-corrected chi connectivity index (χ4v) is 2.16. The predicted molar refractivity (Wildman–Crippen MR) is 77.1 cm³/mol. The van der Waals surface area contributed by atoms with Crippen molar-refractivity contribution in [3.05, 3.63) is 48.4 Å². The number of hydrogen-bond acceptors (Lipinski definition) is 4. The first kappa shape index (κ1) is 11.6. The topological polar surface area (TPSA) is 50.7 Å². The summed E-state index contributed by atoms with van der Waals surface area (Å²) in [5, 5.41) is 5.25. The van der Waals surface area contributed by atoms with E-state index in [-0.39, 0.29) is 0 Å². The second-order valence-corrected chi connectivity index (χ2v) is 4.38. The van der Waals surface area contributed by atoms with E-state index in [9.17, 15) is 0 Å². The van der Waals surface area contributed by atoms with Crippen molar-refractivity contribution < 1.29 is 0 Å². The van der Waals surface area contributed by atoms with Gasteiger partial charge in [0.15, 0.2) is 0 Å². The summed E-state index contributed by atoms with van der Waals surface area (Å²) in [5.41, 5.74) is 3.12. The van der Waals surface area contributed by atoms with E-state index in [0.717, 1.165) is 27.6 Å². The molecule has 0 aliphatic carbocycles. The lowest BCUT2D eigenvalue weighted by Gasteiger charge is -2.09. The summed E-state index contributed by atoms with van der Waals surface area (Å²) >= 11 is 0. The van der Waals surface area contributed by atoms with Crippen molar-refractivity contribution in [1.82, 2.24) is 15.0 Å². The molecule has 0 aliphatic heterocycles. The number of benzene rings is 1. The van der Waals surface area contributed by atoms with E-state index in [0.29, 0.717) is 5.95 Å². The third-order valence-electron chi connectivity index (χ3n) is 3.13. The van der Waals surface area contributed by atoms with Gasteiger partial charge in [0.05, 0.1) is 5.69 Å². The zero-order valence-electron chi connectivity index (χ0n) is 10.9. The summed E-state index contributed by atoms with van der Waals surface area (Å²) in [6.07, 6.45) is 5.52. The van der Waals surface area contributed by atoms with Crippen molar-refractivity contribution in [3.63, 3.8) is 0 Å². The van der Waals surface area contributed by atoms with Gasteiger partial charge in [0, 0.05) is 36.6 Å². The van der Waals surface area contributed by atoms with Crippen LogP contribution in [0.3, 0.4) is 0 Å². The van der Waals surface area contributed by atoms with Crippen LogP contribution in [-0.2, 0) is 0 Å². The van der Waals surface area contributed by atoms with Gasteiger partial charge in [-0.3, -0.25) is 4.98 Å². The van der Waals surface area contributed by atoms with E-state index >= 15 is 0 Å². The van der Waals surface area contributed by atoms with Gasteiger partial charge in [-0.05, 0) is 23.9 Å². The first-order chi connectivity index (χ1) is 9.29. The van der Waals surface area contributed by atoms with Gasteiger partial charge in [0.2, 0.25) is 5.95 Å². The molecule has 0 saturated carbocycles. The summed E-state index contributed by atoms with van der Waals surface area (Å²) in [5.74, 6) is 0.631. The van der Waals surface area contributed by atoms with Crippen LogP contribution >= 0.6 is 0 Å². The number of nitrogens with zero attached hydrogens (tertiary/aromatic N) is 3. The average Bonchev–Trinajstić information content (AvgIpc) is 2.47. The van der Waals surface area contributed by atoms with Crippen molar-refractivity contribution in [3.8, 4) is 11.3 Å². The van der Waals surface area contributed by atoms with Crippen LogP contribution in [0.4, 0.5) is 5.95 Å². The van der Waals surface area contributed by atoms with E-state index in [1.807, 2.05) is 38.5 Å². The average molecular weight is 250 g/mol. The highest BCUT2D eigenvalue weighted by Gasteiger charge is 2.09. The Hall–Kier alpha value is -2.49. The number of aryl methyl sites for hydroxylation is 1. The molecular weight excluding hydrogens is 236 g/mol. The molecule has 1 aromatic carbocycles. The van der Waals surface area contributed by atoms with E-state index < -0.39 is 0 Å². The van der Waals surface area contributed by atoms with Crippen LogP contribution in [-0.4, -0.2) is 22.0 Å². The zero-order valence-corrected chi connectivity index (χ0v) is 10.9. The molecule has 0 amide bonds. The molecule has 0 spiro atoms. The third kappa shape index (κ3) is 2.01. The van der Waals surface area contributed by atoms with Crippen molar-refractivity contribution >= 4 is 16.7 Å². The molecule has 3 rings (SSSR count). The maximum atomic E-state index is 4.57. The SMILES string of the molecule is CNc1ncc(C)c(-c2cccc3cnccc23)n1. The third-order valence-corrected chi connectivity index (χ3v) is 3.13. The fraction of sp³-hybridized carbons (Fsp3) is 0.133. The summed E-state index contributed by atoms with van der Waals surface area (Å²) in [6.45, 7) is 2.02. The lowest BCUT2D eigenvalue weighted by molar-refractivity contribution is 1.13. The number of hydrogen-bond donors (Lipinski definition) is 1. The Morgan fingerprint density at radius 3 is 2.84 bits per heavy atom. The highest BCUT2D eigenvalue weighted by molar-refractivity contribution is 5.95. The maximum Gasteiger partial charge on any atom is 0.222 e. The first-order valence-electron chi connectivity index (χ1n) is 6.14. The van der Waals surface area contributed by atoms with Gasteiger partial charge in [-0.2, -0.15) is 0 Å². The molecule has 2 heterocycles. The van der Waals surface area contributed by atoms with Gasteiger partial charge in [-0.25, -0.2) is 9.97 Å². The number of rotatable bonds is 2. The molecule has 2 aromatic heterocycles. The molecular formula is C15H14N4. The number of pyridine rings is 1. The van der Waals surface area contributed by atoms with E-state index in [4.69, 9.17) is 0 Å². The van der Waals surface area contributed by atoms with E-state index in [2.05, 4.69) is 32.4 Å². The second kappa shape index (κ2) is 4.65. The van der Waals surface area contributed by atoms with Crippen molar-refractivity contribution in [2.75, 3.05) is 12.4 Å². The van der Waals surface area contributed by atoms with Gasteiger partial charge in [0.25, 0.3) is 0 Å². The Bertz CT molecular complexity index is 732. The monoisotopic (exact) mass is 250 g/mol. The maximum absolute atomic E-state index is 4.57. The Morgan fingerprint density at radius 2 is 2.00 bits per heavy atom. The summed E-state index contributed by atoms with van der Waals surface area (Å²) < 4.78 is 0. The smallest absolute Gasteiger partial charge is 0.222 e. The molecule has 4 heteroatoms. The lowest BCUT2D eigenvalue weighted by Crippen LogP contribution is -1.99. The van der Waals surface area contributed by atoms with Crippen molar-refractivity contribution in [2.24, 2.45) is 0 Å². The van der Waals surface area contributed by atoms with Gasteiger partial charge >= 0.3 is 0 Å². The van der Waals surface area contributed by atoms with Crippen LogP contribution < -0.4 is 5.32 Å². The van der Waals surface area contributed by atoms with Crippen LogP contribution in [0.5, 0.6) is 0 Å². The number of nitrogens with one attached hydrogen (secondary N) is 1. The standard InChI is InChI=1S/C15H14N4/c1-10-8-18-15(16-2)19-14(10)13-5-3-4-11-9-17-7-6-12(11)13/h3-9H,1-2H3,(H,16,18,19). The van der Waals surface area contributed by atoms with Crippen LogP contribution in [0.25, 0.3) is 22.0 Å². The number of aromatic nitrogens is 3. The van der Waals surface area contributed by atoms with Gasteiger partial charge in [-0.15, -0.1) is 0 Å². The van der Waals surface area contributed by atoms with E-state index in [1.165, 1.54) is 0 Å². The Balaban J connectivity index is 2.30. The van der Waals surface area contributed by atoms with Crippen molar-refractivity contribution in [1.29, 1.82) is 0 Å². The minimum absolute atomic E-state index is 0.631. The molecule has 3 aromatic rings. The molecule has 1 N–H and O–H groups in total. The molecule has 19 heavy (non-hydrogen) atoms. The molecule has 0 aliphatic rings. The van der Waals surface area contributed by atoms with Crippen LogP contribution in [0.15, 0.2) is 42.9 Å². The summed E-state index contributed by atoms with van der Waals surface area (Å²) in [4.78, 5) is 13.0. The van der Waals surface area contributed by atoms with Crippen LogP contribution in [0, 0.1) is 6.92 Å². The summed E-state index contributed by atoms with van der Waals surface area (Å²) in [6, 6.07) is 8.18.